The highest BCUT2D eigenvalue weighted by Gasteiger charge is 2.11. The van der Waals surface area contributed by atoms with Crippen molar-refractivity contribution in [1.29, 1.82) is 0 Å². The van der Waals surface area contributed by atoms with Gasteiger partial charge in [0, 0.05) is 6.54 Å². The Morgan fingerprint density at radius 1 is 1.19 bits per heavy atom. The normalized spacial score (nSPS) is 11.6. The van der Waals surface area contributed by atoms with Crippen molar-refractivity contribution in [3.63, 3.8) is 0 Å². The van der Waals surface area contributed by atoms with Crippen LogP contribution in [0.3, 0.4) is 0 Å². The number of nitrogens with one attached hydrogen (secondary N) is 2. The molecule has 4 N–H and O–H groups in total. The van der Waals surface area contributed by atoms with Gasteiger partial charge in [0.25, 0.3) is 0 Å². The Morgan fingerprint density at radius 2 is 1.89 bits per heavy atom. The summed E-state index contributed by atoms with van der Waals surface area (Å²) in [7, 11) is -3.74. The average molecular weight is 392 g/mol. The number of benzene rings is 2. The van der Waals surface area contributed by atoms with Gasteiger partial charge in [0.15, 0.2) is 0 Å². The van der Waals surface area contributed by atoms with Crippen LogP contribution in [0.1, 0.15) is 5.56 Å². The number of carbonyl (C=O) groups is 1. The van der Waals surface area contributed by atoms with Crippen molar-refractivity contribution in [2.45, 2.75) is 17.9 Å². The zero-order valence-electron chi connectivity index (χ0n) is 14.1. The van der Waals surface area contributed by atoms with Crippen molar-refractivity contribution in [2.24, 2.45) is 5.14 Å². The molecule has 2 aromatic carbocycles. The molecular weight excluding hydrogens is 375 g/mol. The smallest absolute Gasteiger partial charge is 0.326 e. The van der Waals surface area contributed by atoms with Crippen molar-refractivity contribution in [1.82, 2.24) is 14.9 Å². The number of carbonyl (C=O) groups excluding carboxylic acids is 1. The summed E-state index contributed by atoms with van der Waals surface area (Å²) >= 11 is 0. The molecule has 27 heavy (non-hydrogen) atoms. The maximum absolute atomic E-state index is 13.2. The quantitative estimate of drug-likeness (QED) is 0.564. The topological polar surface area (TPSA) is 127 Å². The second-order valence-corrected chi connectivity index (χ2v) is 7.53. The summed E-state index contributed by atoms with van der Waals surface area (Å²) in [5.41, 5.74) is 1.09. The lowest BCUT2D eigenvalue weighted by atomic mass is 10.1. The van der Waals surface area contributed by atoms with E-state index in [1.54, 1.807) is 12.1 Å². The van der Waals surface area contributed by atoms with Crippen LogP contribution in [0.2, 0.25) is 0 Å². The van der Waals surface area contributed by atoms with E-state index in [4.69, 9.17) is 5.14 Å². The summed E-state index contributed by atoms with van der Waals surface area (Å²) in [6.45, 7) is 0.105. The third kappa shape index (κ3) is 4.41. The van der Waals surface area contributed by atoms with Crippen LogP contribution in [-0.4, -0.2) is 30.4 Å². The summed E-state index contributed by atoms with van der Waals surface area (Å²) in [4.78, 5) is 26.6. The first-order chi connectivity index (χ1) is 12.7. The van der Waals surface area contributed by atoms with Gasteiger partial charge in [-0.2, -0.15) is 0 Å². The molecule has 8 nitrogen and oxygen atoms in total. The fourth-order valence-electron chi connectivity index (χ4n) is 2.68. The highest BCUT2D eigenvalue weighted by atomic mass is 32.2. The number of rotatable bonds is 6. The minimum absolute atomic E-state index is 0.0189. The van der Waals surface area contributed by atoms with Crippen LogP contribution in [0, 0.1) is 5.82 Å². The molecule has 0 bridgehead atoms. The van der Waals surface area contributed by atoms with Gasteiger partial charge in [0.2, 0.25) is 15.9 Å². The number of sulfonamides is 1. The molecule has 0 aliphatic rings. The highest BCUT2D eigenvalue weighted by Crippen LogP contribution is 2.12. The van der Waals surface area contributed by atoms with Crippen LogP contribution in [0.25, 0.3) is 11.0 Å². The third-order valence-corrected chi connectivity index (χ3v) is 4.95. The Kier molecular flexibility index (Phi) is 5.10. The Labute approximate surface area is 153 Å². The van der Waals surface area contributed by atoms with Gasteiger partial charge in [-0.05, 0) is 42.3 Å². The first-order valence-electron chi connectivity index (χ1n) is 8.00. The van der Waals surface area contributed by atoms with Crippen molar-refractivity contribution in [3.8, 4) is 0 Å². The molecule has 1 aromatic heterocycles. The summed E-state index contributed by atoms with van der Waals surface area (Å²) in [6.07, 6.45) is 0.477. The van der Waals surface area contributed by atoms with Crippen LogP contribution in [-0.2, 0) is 27.8 Å². The monoisotopic (exact) mass is 392 g/mol. The molecule has 10 heteroatoms. The Hall–Kier alpha value is -2.98. The van der Waals surface area contributed by atoms with Gasteiger partial charge in [0.1, 0.15) is 12.4 Å². The Bertz CT molecular complexity index is 1150. The van der Waals surface area contributed by atoms with Gasteiger partial charge in [-0.3, -0.25) is 9.36 Å². The number of hydrogen-bond acceptors (Lipinski definition) is 4. The summed E-state index contributed by atoms with van der Waals surface area (Å²) in [5, 5.41) is 7.72. The van der Waals surface area contributed by atoms with Gasteiger partial charge in [0.05, 0.1) is 15.9 Å². The number of halogens is 1. The van der Waals surface area contributed by atoms with Crippen molar-refractivity contribution >= 4 is 27.0 Å². The van der Waals surface area contributed by atoms with Gasteiger partial charge < -0.3 is 10.3 Å². The number of nitrogens with two attached hydrogens (primary N) is 1. The molecule has 3 rings (SSSR count). The molecule has 0 saturated heterocycles. The molecule has 0 aliphatic heterocycles. The van der Waals surface area contributed by atoms with E-state index in [-0.39, 0.29) is 17.3 Å². The van der Waals surface area contributed by atoms with E-state index >= 15 is 0 Å². The molecular formula is C17H17FN4O4S. The van der Waals surface area contributed by atoms with E-state index in [0.29, 0.717) is 24.0 Å². The number of amides is 1. The van der Waals surface area contributed by atoms with E-state index < -0.39 is 21.5 Å². The number of fused-ring (bicyclic) bond motifs is 1. The zero-order valence-corrected chi connectivity index (χ0v) is 14.9. The number of aromatic amines is 1. The van der Waals surface area contributed by atoms with Crippen molar-refractivity contribution < 1.29 is 17.6 Å². The minimum Gasteiger partial charge on any atom is -0.354 e. The Balaban J connectivity index is 1.59. The number of aromatic nitrogens is 2. The predicted molar refractivity (Wildman–Crippen MR) is 97.0 cm³/mol. The first-order valence-corrected chi connectivity index (χ1v) is 9.55. The molecule has 3 aromatic rings. The van der Waals surface area contributed by atoms with Gasteiger partial charge in [-0.25, -0.2) is 22.7 Å². The largest absolute Gasteiger partial charge is 0.354 e. The van der Waals surface area contributed by atoms with E-state index in [1.165, 1.54) is 34.9 Å². The van der Waals surface area contributed by atoms with Gasteiger partial charge in [-0.15, -0.1) is 0 Å². The SMILES string of the molecule is NS(=O)(=O)c1ccc(CCNC(=O)Cn2c(=O)[nH]c3cc(F)ccc32)cc1. The van der Waals surface area contributed by atoms with Crippen molar-refractivity contribution in [3.05, 3.63) is 64.3 Å². The lowest BCUT2D eigenvalue weighted by molar-refractivity contribution is -0.121. The maximum Gasteiger partial charge on any atom is 0.326 e. The summed E-state index contributed by atoms with van der Waals surface area (Å²) < 4.78 is 36.8. The molecule has 0 spiro atoms. The second-order valence-electron chi connectivity index (χ2n) is 5.97. The van der Waals surface area contributed by atoms with Crippen LogP contribution in [0.5, 0.6) is 0 Å². The molecule has 142 valence electrons. The van der Waals surface area contributed by atoms with E-state index in [2.05, 4.69) is 10.3 Å². The lowest BCUT2D eigenvalue weighted by Gasteiger charge is -2.07. The highest BCUT2D eigenvalue weighted by molar-refractivity contribution is 7.89. The molecule has 0 unspecified atom stereocenters. The van der Waals surface area contributed by atoms with Crippen molar-refractivity contribution in [2.75, 3.05) is 6.54 Å². The number of hydrogen-bond donors (Lipinski definition) is 3. The zero-order chi connectivity index (χ0) is 19.6. The summed E-state index contributed by atoms with van der Waals surface area (Å²) in [5.74, 6) is -0.850. The second kappa shape index (κ2) is 7.33. The van der Waals surface area contributed by atoms with Crippen LogP contribution >= 0.6 is 0 Å². The molecule has 1 amide bonds. The van der Waals surface area contributed by atoms with Crippen LogP contribution < -0.4 is 16.1 Å². The number of primary sulfonamides is 1. The molecule has 1 heterocycles. The van der Waals surface area contributed by atoms with E-state index in [0.717, 1.165) is 5.56 Å². The minimum atomic E-state index is -3.74. The fourth-order valence-corrected chi connectivity index (χ4v) is 3.20. The molecule has 0 aliphatic carbocycles. The molecule has 0 fully saturated rings. The maximum atomic E-state index is 13.2. The van der Waals surface area contributed by atoms with E-state index in [1.807, 2.05) is 0 Å². The molecule has 0 atom stereocenters. The first kappa shape index (κ1) is 18.8. The standard InChI is InChI=1S/C17H17FN4O4S/c18-12-3-6-15-14(9-12)21-17(24)22(15)10-16(23)20-8-7-11-1-4-13(5-2-11)27(19,25)26/h1-6,9H,7-8,10H2,(H,20,23)(H,21,24)(H2,19,25,26). The average Bonchev–Trinajstić information content (AvgIpc) is 2.89. The molecule has 0 radical (unpaired) electrons. The van der Waals surface area contributed by atoms with Crippen LogP contribution in [0.15, 0.2) is 52.2 Å². The number of nitrogens with zero attached hydrogens (tertiary/aromatic N) is 1. The van der Waals surface area contributed by atoms with Gasteiger partial charge in [-0.1, -0.05) is 12.1 Å². The van der Waals surface area contributed by atoms with Crippen LogP contribution in [0.4, 0.5) is 4.39 Å². The van der Waals surface area contributed by atoms with Gasteiger partial charge >= 0.3 is 5.69 Å². The molecule has 0 saturated carbocycles. The van der Waals surface area contributed by atoms with E-state index in [9.17, 15) is 22.4 Å². The lowest BCUT2D eigenvalue weighted by Crippen LogP contribution is -2.32. The number of imidazole rings is 1. The number of H-pyrrole nitrogens is 1. The summed E-state index contributed by atoms with van der Waals surface area (Å²) in [6, 6.07) is 9.87. The predicted octanol–water partition coefficient (Wildman–Crippen LogP) is 0.475. The third-order valence-electron chi connectivity index (χ3n) is 4.03. The fraction of sp³-hybridized carbons (Fsp3) is 0.176. The Morgan fingerprint density at radius 3 is 2.56 bits per heavy atom.